The van der Waals surface area contributed by atoms with Gasteiger partial charge in [-0.1, -0.05) is 0 Å². The van der Waals surface area contributed by atoms with Crippen LogP contribution in [0, 0.1) is 11.3 Å². The number of hydrogen-bond donors (Lipinski definition) is 0. The van der Waals surface area contributed by atoms with Crippen LogP contribution in [-0.2, 0) is 6.42 Å². The van der Waals surface area contributed by atoms with E-state index in [1.807, 2.05) is 30.3 Å². The first-order chi connectivity index (χ1) is 8.33. The highest BCUT2D eigenvalue weighted by atomic mass is 16.5. The van der Waals surface area contributed by atoms with E-state index < -0.39 is 0 Å². The molecule has 2 aromatic rings. The lowest BCUT2D eigenvalue weighted by molar-refractivity contribution is 0.415. The largest absolute Gasteiger partial charge is 0.497 e. The molecule has 5 heteroatoms. The molecule has 0 spiro atoms. The molecular formula is C12H11N3O2. The molecule has 0 bridgehead atoms. The van der Waals surface area contributed by atoms with Crippen molar-refractivity contribution in [3.8, 4) is 23.3 Å². The van der Waals surface area contributed by atoms with Gasteiger partial charge in [-0.05, 0) is 24.3 Å². The summed E-state index contributed by atoms with van der Waals surface area (Å²) in [5.41, 5.74) is 0.835. The molecule has 0 aliphatic carbocycles. The first-order valence-electron chi connectivity index (χ1n) is 5.17. The standard InChI is InChI=1S/C12H11N3O2/c1-16-10-6-4-9(5-7-10)12-15-14-11(17-12)3-2-8-13/h4-7H,2-3H2,1H3. The van der Waals surface area contributed by atoms with E-state index in [0.29, 0.717) is 24.6 Å². The maximum absolute atomic E-state index is 8.46. The first kappa shape index (κ1) is 11.1. The van der Waals surface area contributed by atoms with E-state index >= 15 is 0 Å². The predicted molar refractivity (Wildman–Crippen MR) is 60.2 cm³/mol. The van der Waals surface area contributed by atoms with Gasteiger partial charge in [-0.3, -0.25) is 0 Å². The van der Waals surface area contributed by atoms with Crippen molar-refractivity contribution < 1.29 is 9.15 Å². The zero-order chi connectivity index (χ0) is 12.1. The Morgan fingerprint density at radius 3 is 2.71 bits per heavy atom. The van der Waals surface area contributed by atoms with Crippen molar-refractivity contribution in [1.82, 2.24) is 10.2 Å². The predicted octanol–water partition coefficient (Wildman–Crippen LogP) is 2.20. The summed E-state index contributed by atoms with van der Waals surface area (Å²) in [5, 5.41) is 16.3. The Hall–Kier alpha value is -2.35. The molecule has 86 valence electrons. The average molecular weight is 229 g/mol. The van der Waals surface area contributed by atoms with Gasteiger partial charge in [0, 0.05) is 18.4 Å². The van der Waals surface area contributed by atoms with Gasteiger partial charge in [-0.15, -0.1) is 10.2 Å². The smallest absolute Gasteiger partial charge is 0.247 e. The van der Waals surface area contributed by atoms with Crippen molar-refractivity contribution in [3.05, 3.63) is 30.2 Å². The van der Waals surface area contributed by atoms with Crippen LogP contribution >= 0.6 is 0 Å². The minimum Gasteiger partial charge on any atom is -0.497 e. The van der Waals surface area contributed by atoms with Crippen molar-refractivity contribution in [2.75, 3.05) is 7.11 Å². The number of aryl methyl sites for hydroxylation is 1. The van der Waals surface area contributed by atoms with Gasteiger partial charge >= 0.3 is 0 Å². The molecule has 17 heavy (non-hydrogen) atoms. The summed E-state index contributed by atoms with van der Waals surface area (Å²) >= 11 is 0. The van der Waals surface area contributed by atoms with E-state index in [0.717, 1.165) is 11.3 Å². The van der Waals surface area contributed by atoms with Crippen LogP contribution in [0.4, 0.5) is 0 Å². The third kappa shape index (κ3) is 2.61. The zero-order valence-electron chi connectivity index (χ0n) is 9.38. The fourth-order valence-electron chi connectivity index (χ4n) is 1.37. The quantitative estimate of drug-likeness (QED) is 0.803. The van der Waals surface area contributed by atoms with Gasteiger partial charge in [0.05, 0.1) is 13.2 Å². The van der Waals surface area contributed by atoms with Crippen LogP contribution in [0.2, 0.25) is 0 Å². The van der Waals surface area contributed by atoms with Gasteiger partial charge in [-0.25, -0.2) is 0 Å². The molecule has 1 aromatic heterocycles. The molecule has 0 atom stereocenters. The number of ether oxygens (including phenoxy) is 1. The molecule has 0 unspecified atom stereocenters. The molecular weight excluding hydrogens is 218 g/mol. The Kier molecular flexibility index (Phi) is 3.36. The summed E-state index contributed by atoms with van der Waals surface area (Å²) in [6.45, 7) is 0. The molecule has 0 aliphatic heterocycles. The number of hydrogen-bond acceptors (Lipinski definition) is 5. The van der Waals surface area contributed by atoms with E-state index in [2.05, 4.69) is 10.2 Å². The van der Waals surface area contributed by atoms with Crippen LogP contribution in [0.3, 0.4) is 0 Å². The van der Waals surface area contributed by atoms with Gasteiger partial charge in [0.25, 0.3) is 0 Å². The number of nitriles is 1. The Balaban J connectivity index is 2.16. The van der Waals surface area contributed by atoms with Crippen molar-refractivity contribution in [3.63, 3.8) is 0 Å². The Labute approximate surface area is 98.7 Å². The molecule has 0 radical (unpaired) electrons. The fraction of sp³-hybridized carbons (Fsp3) is 0.250. The highest BCUT2D eigenvalue weighted by Gasteiger charge is 2.08. The summed E-state index contributed by atoms with van der Waals surface area (Å²) in [7, 11) is 1.61. The summed E-state index contributed by atoms with van der Waals surface area (Å²) < 4.78 is 10.5. The van der Waals surface area contributed by atoms with Gasteiger partial charge in [-0.2, -0.15) is 5.26 Å². The lowest BCUT2D eigenvalue weighted by Crippen LogP contribution is -1.82. The van der Waals surface area contributed by atoms with Crippen molar-refractivity contribution in [1.29, 1.82) is 5.26 Å². The van der Waals surface area contributed by atoms with Crippen LogP contribution in [0.5, 0.6) is 5.75 Å². The second kappa shape index (κ2) is 5.12. The minimum atomic E-state index is 0.379. The van der Waals surface area contributed by atoms with E-state index in [1.54, 1.807) is 7.11 Å². The summed E-state index contributed by atoms with van der Waals surface area (Å²) in [4.78, 5) is 0. The Bertz CT molecular complexity index is 525. The van der Waals surface area contributed by atoms with Gasteiger partial charge in [0.15, 0.2) is 0 Å². The highest BCUT2D eigenvalue weighted by Crippen LogP contribution is 2.21. The van der Waals surface area contributed by atoms with E-state index in [9.17, 15) is 0 Å². The SMILES string of the molecule is COc1ccc(-c2nnc(CCC#N)o2)cc1. The maximum Gasteiger partial charge on any atom is 0.247 e. The monoisotopic (exact) mass is 229 g/mol. The van der Waals surface area contributed by atoms with Gasteiger partial charge < -0.3 is 9.15 Å². The third-order valence-corrected chi connectivity index (χ3v) is 2.25. The highest BCUT2D eigenvalue weighted by molar-refractivity contribution is 5.53. The van der Waals surface area contributed by atoms with E-state index in [4.69, 9.17) is 14.4 Å². The van der Waals surface area contributed by atoms with E-state index in [-0.39, 0.29) is 0 Å². The molecule has 0 saturated heterocycles. The average Bonchev–Trinajstić information content (AvgIpc) is 2.85. The van der Waals surface area contributed by atoms with Crippen molar-refractivity contribution in [2.45, 2.75) is 12.8 Å². The van der Waals surface area contributed by atoms with Crippen LogP contribution in [0.15, 0.2) is 28.7 Å². The second-order valence-corrected chi connectivity index (χ2v) is 3.39. The second-order valence-electron chi connectivity index (χ2n) is 3.39. The van der Waals surface area contributed by atoms with Gasteiger partial charge in [0.1, 0.15) is 5.75 Å². The normalized spacial score (nSPS) is 9.88. The number of methoxy groups -OCH3 is 1. The molecule has 1 aromatic carbocycles. The summed E-state index contributed by atoms with van der Waals surface area (Å²) in [6.07, 6.45) is 0.865. The molecule has 0 N–H and O–H groups in total. The molecule has 2 rings (SSSR count). The zero-order valence-corrected chi connectivity index (χ0v) is 9.38. The molecule has 0 saturated carbocycles. The van der Waals surface area contributed by atoms with Crippen LogP contribution in [0.25, 0.3) is 11.5 Å². The lowest BCUT2D eigenvalue weighted by Gasteiger charge is -1.99. The molecule has 0 aliphatic rings. The number of nitrogens with zero attached hydrogens (tertiary/aromatic N) is 3. The maximum atomic E-state index is 8.46. The fourth-order valence-corrected chi connectivity index (χ4v) is 1.37. The van der Waals surface area contributed by atoms with Crippen LogP contribution < -0.4 is 4.74 Å². The van der Waals surface area contributed by atoms with Crippen molar-refractivity contribution >= 4 is 0 Å². The number of aromatic nitrogens is 2. The van der Waals surface area contributed by atoms with Crippen LogP contribution in [0.1, 0.15) is 12.3 Å². The van der Waals surface area contributed by atoms with Crippen LogP contribution in [-0.4, -0.2) is 17.3 Å². The summed E-state index contributed by atoms with van der Waals surface area (Å²) in [5.74, 6) is 1.72. The Morgan fingerprint density at radius 2 is 2.06 bits per heavy atom. The molecule has 0 amide bonds. The van der Waals surface area contributed by atoms with Gasteiger partial charge in [0.2, 0.25) is 11.8 Å². The first-order valence-corrected chi connectivity index (χ1v) is 5.17. The third-order valence-electron chi connectivity index (χ3n) is 2.25. The number of benzene rings is 1. The van der Waals surface area contributed by atoms with E-state index in [1.165, 1.54) is 0 Å². The lowest BCUT2D eigenvalue weighted by atomic mass is 10.2. The molecule has 0 fully saturated rings. The molecule has 1 heterocycles. The minimum absolute atomic E-state index is 0.379. The Morgan fingerprint density at radius 1 is 1.29 bits per heavy atom. The topological polar surface area (TPSA) is 71.9 Å². The summed E-state index contributed by atoms with van der Waals surface area (Å²) in [6, 6.07) is 9.39. The number of rotatable bonds is 4. The molecule has 5 nitrogen and oxygen atoms in total. The van der Waals surface area contributed by atoms with Crippen molar-refractivity contribution in [2.24, 2.45) is 0 Å².